The second kappa shape index (κ2) is 9.95. The summed E-state index contributed by atoms with van der Waals surface area (Å²) in [6, 6.07) is 16.4. The minimum absolute atomic E-state index is 0.0462. The zero-order chi connectivity index (χ0) is 22.6. The maximum absolute atomic E-state index is 11.4. The number of hydrogen-bond acceptors (Lipinski definition) is 7. The molecule has 1 fully saturated rings. The summed E-state index contributed by atoms with van der Waals surface area (Å²) in [6.07, 6.45) is 4.84. The normalized spacial score (nSPS) is 18.4. The van der Waals surface area contributed by atoms with Gasteiger partial charge in [0, 0.05) is 11.9 Å². The van der Waals surface area contributed by atoms with Gasteiger partial charge in [-0.25, -0.2) is 18.5 Å². The fraction of sp³-hybridized carbons (Fsp3) is 0.273. The molecule has 2 aromatic carbocycles. The van der Waals surface area contributed by atoms with Crippen molar-refractivity contribution in [2.75, 3.05) is 10.6 Å². The molecule has 8 nitrogen and oxygen atoms in total. The van der Waals surface area contributed by atoms with Crippen molar-refractivity contribution in [1.82, 2.24) is 9.97 Å². The number of nitrogens with zero attached hydrogens (tertiary/aromatic N) is 2. The molecule has 10 heteroatoms. The summed E-state index contributed by atoms with van der Waals surface area (Å²) in [5.41, 5.74) is 1.80. The van der Waals surface area contributed by atoms with Gasteiger partial charge in [0.1, 0.15) is 5.82 Å². The molecule has 1 aromatic heterocycles. The predicted octanol–water partition coefficient (Wildman–Crippen LogP) is 4.18. The molecule has 0 radical (unpaired) electrons. The lowest BCUT2D eigenvalue weighted by Gasteiger charge is -2.23. The molecule has 1 aliphatic carbocycles. The van der Waals surface area contributed by atoms with Gasteiger partial charge in [0.25, 0.3) is 0 Å². The molecule has 2 unspecified atom stereocenters. The number of rotatable bonds is 8. The predicted molar refractivity (Wildman–Crippen MR) is 127 cm³/mol. The van der Waals surface area contributed by atoms with Gasteiger partial charge in [-0.1, -0.05) is 30.3 Å². The van der Waals surface area contributed by atoms with Crippen LogP contribution in [-0.4, -0.2) is 30.5 Å². The lowest BCUT2D eigenvalue weighted by molar-refractivity contribution is 0.0394. The number of primary sulfonamides is 1. The fourth-order valence-corrected chi connectivity index (χ4v) is 4.45. The quantitative estimate of drug-likeness (QED) is 0.409. The van der Waals surface area contributed by atoms with E-state index in [-0.39, 0.29) is 17.0 Å². The second-order valence-corrected chi connectivity index (χ2v) is 10.0. The van der Waals surface area contributed by atoms with E-state index in [1.54, 1.807) is 18.3 Å². The number of aromatic nitrogens is 2. The molecule has 4 N–H and O–H groups in total. The van der Waals surface area contributed by atoms with Gasteiger partial charge < -0.3 is 15.4 Å². The highest BCUT2D eigenvalue weighted by molar-refractivity contribution is 9.10. The van der Waals surface area contributed by atoms with Crippen molar-refractivity contribution in [1.29, 1.82) is 0 Å². The molecular weight excluding hydrogens is 494 g/mol. The molecule has 0 amide bonds. The van der Waals surface area contributed by atoms with Crippen LogP contribution in [0.4, 0.5) is 17.5 Å². The van der Waals surface area contributed by atoms with Crippen LogP contribution in [0.15, 0.2) is 70.2 Å². The van der Waals surface area contributed by atoms with Crippen LogP contribution >= 0.6 is 15.9 Å². The number of halogens is 1. The van der Waals surface area contributed by atoms with Crippen LogP contribution in [0.25, 0.3) is 0 Å². The topological polar surface area (TPSA) is 119 Å². The Bertz CT molecular complexity index is 1160. The third-order valence-electron chi connectivity index (χ3n) is 5.26. The SMILES string of the molecule is NS(=O)(=O)c1ccc(Nc2ncc(Br)c(NC3CCCC3OCc3ccccc3)n2)cc1. The first-order valence-electron chi connectivity index (χ1n) is 10.2. The van der Waals surface area contributed by atoms with Crippen molar-refractivity contribution in [3.63, 3.8) is 0 Å². The van der Waals surface area contributed by atoms with E-state index in [1.807, 2.05) is 18.2 Å². The Balaban J connectivity index is 1.42. The lowest BCUT2D eigenvalue weighted by atomic mass is 10.2. The molecular formula is C22H24BrN5O3S. The zero-order valence-electron chi connectivity index (χ0n) is 17.2. The molecule has 0 spiro atoms. The molecule has 0 saturated heterocycles. The third kappa shape index (κ3) is 5.83. The fourth-order valence-electron chi connectivity index (χ4n) is 3.63. The zero-order valence-corrected chi connectivity index (χ0v) is 19.6. The summed E-state index contributed by atoms with van der Waals surface area (Å²) in [5.74, 6) is 1.06. The molecule has 3 aromatic rings. The minimum atomic E-state index is -3.73. The Kier molecular flexibility index (Phi) is 7.04. The van der Waals surface area contributed by atoms with E-state index in [9.17, 15) is 8.42 Å². The van der Waals surface area contributed by atoms with Crippen LogP contribution in [0.5, 0.6) is 0 Å². The lowest BCUT2D eigenvalue weighted by Crippen LogP contribution is -2.31. The second-order valence-electron chi connectivity index (χ2n) is 7.60. The molecule has 4 rings (SSSR count). The van der Waals surface area contributed by atoms with E-state index < -0.39 is 10.0 Å². The van der Waals surface area contributed by atoms with Gasteiger partial charge in [-0.15, -0.1) is 0 Å². The molecule has 32 heavy (non-hydrogen) atoms. The standard InChI is InChI=1S/C22H24BrN5O3S/c23-18-13-25-22(26-16-9-11-17(12-10-16)32(24,29)30)28-21(18)27-19-7-4-8-20(19)31-14-15-5-2-1-3-6-15/h1-3,5-6,9-13,19-20H,4,7-8,14H2,(H2,24,29,30)(H2,25,26,27,28). The number of anilines is 3. The van der Waals surface area contributed by atoms with Crippen LogP contribution in [0, 0.1) is 0 Å². The van der Waals surface area contributed by atoms with Crippen LogP contribution in [0.2, 0.25) is 0 Å². The number of sulfonamides is 1. The highest BCUT2D eigenvalue weighted by atomic mass is 79.9. The summed E-state index contributed by atoms with van der Waals surface area (Å²) in [6.45, 7) is 0.579. The number of hydrogen-bond donors (Lipinski definition) is 3. The molecule has 0 bridgehead atoms. The summed E-state index contributed by atoms with van der Waals surface area (Å²) < 4.78 is 29.8. The molecule has 1 saturated carbocycles. The Morgan fingerprint density at radius 2 is 1.84 bits per heavy atom. The van der Waals surface area contributed by atoms with Gasteiger partial charge in [-0.2, -0.15) is 4.98 Å². The van der Waals surface area contributed by atoms with Crippen LogP contribution < -0.4 is 15.8 Å². The van der Waals surface area contributed by atoms with Gasteiger partial charge in [-0.3, -0.25) is 0 Å². The summed E-state index contributed by atoms with van der Waals surface area (Å²) in [7, 11) is -3.73. The monoisotopic (exact) mass is 517 g/mol. The molecule has 0 aliphatic heterocycles. The molecule has 2 atom stereocenters. The van der Waals surface area contributed by atoms with Crippen molar-refractivity contribution < 1.29 is 13.2 Å². The minimum Gasteiger partial charge on any atom is -0.371 e. The van der Waals surface area contributed by atoms with Crippen LogP contribution in [-0.2, 0) is 21.4 Å². The van der Waals surface area contributed by atoms with Gasteiger partial charge in [0.2, 0.25) is 16.0 Å². The Labute approximate surface area is 195 Å². The van der Waals surface area contributed by atoms with E-state index in [2.05, 4.69) is 48.7 Å². The first-order chi connectivity index (χ1) is 15.4. The number of ether oxygens (including phenoxy) is 1. The first-order valence-corrected chi connectivity index (χ1v) is 12.6. The molecule has 168 valence electrons. The number of nitrogens with one attached hydrogen (secondary N) is 2. The average Bonchev–Trinajstić information content (AvgIpc) is 3.22. The van der Waals surface area contributed by atoms with Gasteiger partial charge in [0.05, 0.1) is 28.1 Å². The summed E-state index contributed by atoms with van der Waals surface area (Å²) in [5, 5.41) is 11.7. The van der Waals surface area contributed by atoms with Gasteiger partial charge in [0.15, 0.2) is 0 Å². The van der Waals surface area contributed by atoms with E-state index in [4.69, 9.17) is 9.88 Å². The largest absolute Gasteiger partial charge is 0.371 e. The van der Waals surface area contributed by atoms with Crippen LogP contribution in [0.3, 0.4) is 0 Å². The summed E-state index contributed by atoms with van der Waals surface area (Å²) >= 11 is 3.51. The van der Waals surface area contributed by atoms with Crippen molar-refractivity contribution >= 4 is 43.4 Å². The van der Waals surface area contributed by atoms with Gasteiger partial charge in [-0.05, 0) is 65.0 Å². The highest BCUT2D eigenvalue weighted by Crippen LogP contribution is 2.29. The Hall–Kier alpha value is -2.53. The van der Waals surface area contributed by atoms with Crippen molar-refractivity contribution in [2.24, 2.45) is 5.14 Å². The van der Waals surface area contributed by atoms with E-state index in [0.717, 1.165) is 29.3 Å². The van der Waals surface area contributed by atoms with Crippen molar-refractivity contribution in [3.8, 4) is 0 Å². The van der Waals surface area contributed by atoms with E-state index in [1.165, 1.54) is 12.1 Å². The highest BCUT2D eigenvalue weighted by Gasteiger charge is 2.29. The molecule has 1 heterocycles. The Morgan fingerprint density at radius 3 is 2.56 bits per heavy atom. The third-order valence-corrected chi connectivity index (χ3v) is 6.77. The van der Waals surface area contributed by atoms with Crippen LogP contribution in [0.1, 0.15) is 24.8 Å². The Morgan fingerprint density at radius 1 is 1.09 bits per heavy atom. The average molecular weight is 518 g/mol. The maximum Gasteiger partial charge on any atom is 0.238 e. The smallest absolute Gasteiger partial charge is 0.238 e. The maximum atomic E-state index is 11.4. The first kappa shape index (κ1) is 22.7. The van der Waals surface area contributed by atoms with Gasteiger partial charge >= 0.3 is 0 Å². The van der Waals surface area contributed by atoms with Crippen molar-refractivity contribution in [2.45, 2.75) is 42.9 Å². The molecule has 1 aliphatic rings. The van der Waals surface area contributed by atoms with E-state index in [0.29, 0.717) is 24.1 Å². The summed E-state index contributed by atoms with van der Waals surface area (Å²) in [4.78, 5) is 8.91. The van der Waals surface area contributed by atoms with Crippen molar-refractivity contribution in [3.05, 3.63) is 70.8 Å². The number of benzene rings is 2. The van der Waals surface area contributed by atoms with E-state index >= 15 is 0 Å². The number of nitrogens with two attached hydrogens (primary N) is 1.